The third kappa shape index (κ3) is 5.24. The van der Waals surface area contributed by atoms with E-state index >= 15 is 0 Å². The topological polar surface area (TPSA) is 26.3 Å². The van der Waals surface area contributed by atoms with Crippen LogP contribution in [0.25, 0.3) is 0 Å². The quantitative estimate of drug-likeness (QED) is 0.189. The van der Waals surface area contributed by atoms with Crippen molar-refractivity contribution < 1.29 is 9.53 Å². The molecule has 0 radical (unpaired) electrons. The van der Waals surface area contributed by atoms with Crippen molar-refractivity contribution in [2.75, 3.05) is 5.75 Å². The highest BCUT2D eigenvalue weighted by atomic mass is 32.2. The fourth-order valence-electron chi connectivity index (χ4n) is 8.77. The van der Waals surface area contributed by atoms with Crippen LogP contribution in [0.4, 0.5) is 4.79 Å². The van der Waals surface area contributed by atoms with E-state index in [0.29, 0.717) is 10.8 Å². The number of hydrogen-bond acceptors (Lipinski definition) is 3. The summed E-state index contributed by atoms with van der Waals surface area (Å²) in [5.74, 6) is 4.45. The van der Waals surface area contributed by atoms with Crippen LogP contribution in [0.3, 0.4) is 0 Å². The van der Waals surface area contributed by atoms with Gasteiger partial charge >= 0.3 is 5.30 Å². The Morgan fingerprint density at radius 3 is 2.58 bits per heavy atom. The maximum atomic E-state index is 12.0. The molecule has 4 aliphatic carbocycles. The van der Waals surface area contributed by atoms with Crippen LogP contribution < -0.4 is 0 Å². The van der Waals surface area contributed by atoms with Gasteiger partial charge in [-0.25, -0.2) is 4.79 Å². The highest BCUT2D eigenvalue weighted by Gasteiger charge is 2.58. The van der Waals surface area contributed by atoms with E-state index in [1.165, 1.54) is 95.2 Å². The molecule has 3 heteroatoms. The van der Waals surface area contributed by atoms with Crippen LogP contribution in [0.15, 0.2) is 11.6 Å². The molecule has 4 rings (SSSR count). The van der Waals surface area contributed by atoms with Crippen molar-refractivity contribution in [2.45, 2.75) is 130 Å². The van der Waals surface area contributed by atoms with Gasteiger partial charge in [0, 0.05) is 12.2 Å². The third-order valence-corrected chi connectivity index (χ3v) is 11.3. The third-order valence-electron chi connectivity index (χ3n) is 10.7. The summed E-state index contributed by atoms with van der Waals surface area (Å²) in [4.78, 5) is 12.0. The van der Waals surface area contributed by atoms with Crippen LogP contribution in [0.1, 0.15) is 124 Å². The summed E-state index contributed by atoms with van der Waals surface area (Å²) in [7, 11) is 0. The van der Waals surface area contributed by atoms with Gasteiger partial charge in [-0.2, -0.15) is 0 Å². The molecule has 0 spiro atoms. The number of carbonyl (C=O) groups excluding carboxylic acids is 1. The van der Waals surface area contributed by atoms with Crippen molar-refractivity contribution in [3.8, 4) is 0 Å². The number of carbonyl (C=O) groups is 1. The Hall–Kier alpha value is -0.440. The smallest absolute Gasteiger partial charge is 0.367 e. The summed E-state index contributed by atoms with van der Waals surface area (Å²) in [6, 6.07) is 0. The monoisotopic (exact) mass is 474 g/mol. The Kier molecular flexibility index (Phi) is 8.62. The first-order valence-electron chi connectivity index (χ1n) is 14.4. The summed E-state index contributed by atoms with van der Waals surface area (Å²) in [6.07, 6.45) is 23.1. The largest absolute Gasteiger partial charge is 0.454 e. The van der Waals surface area contributed by atoms with Crippen LogP contribution in [-0.4, -0.2) is 17.2 Å². The minimum Gasteiger partial charge on any atom is -0.454 e. The Balaban J connectivity index is 1.37. The zero-order valence-corrected chi connectivity index (χ0v) is 22.8. The van der Waals surface area contributed by atoms with Crippen LogP contribution in [0.5, 0.6) is 0 Å². The lowest BCUT2D eigenvalue weighted by molar-refractivity contribution is -0.0509. The van der Waals surface area contributed by atoms with Crippen LogP contribution >= 0.6 is 11.8 Å². The normalized spacial score (nSPS) is 39.9. The predicted octanol–water partition coefficient (Wildman–Crippen LogP) is 9.57. The number of hydrogen-bond donors (Lipinski definition) is 0. The van der Waals surface area contributed by atoms with Crippen molar-refractivity contribution in [1.82, 2.24) is 0 Å². The molecule has 0 bridgehead atoms. The second-order valence-electron chi connectivity index (χ2n) is 12.3. The van der Waals surface area contributed by atoms with E-state index in [2.05, 4.69) is 26.8 Å². The zero-order valence-electron chi connectivity index (χ0n) is 22.0. The fourth-order valence-corrected chi connectivity index (χ4v) is 9.21. The average Bonchev–Trinajstić information content (AvgIpc) is 3.13. The van der Waals surface area contributed by atoms with Crippen molar-refractivity contribution in [3.05, 3.63) is 11.6 Å². The molecule has 4 aliphatic rings. The van der Waals surface area contributed by atoms with Gasteiger partial charge in [0.1, 0.15) is 6.10 Å². The summed E-state index contributed by atoms with van der Waals surface area (Å²) in [5.41, 5.74) is 2.57. The van der Waals surface area contributed by atoms with E-state index in [1.54, 1.807) is 5.57 Å². The first-order valence-corrected chi connectivity index (χ1v) is 15.4. The molecule has 2 nitrogen and oxygen atoms in total. The number of thioether (sulfide) groups is 1. The number of unbranched alkanes of at least 4 members (excludes halogenated alkanes) is 5. The van der Waals surface area contributed by atoms with Gasteiger partial charge in [-0.15, -0.1) is 0 Å². The second-order valence-corrected chi connectivity index (χ2v) is 13.5. The average molecular weight is 475 g/mol. The van der Waals surface area contributed by atoms with Crippen molar-refractivity contribution in [2.24, 2.45) is 34.5 Å². The molecular formula is C30H50O2S. The standard InChI is InChI=1S/C30H50O2S/c1-5-7-8-9-10-11-12-22-14-16-26-25-15-13-23-21-24(32-28(31)33-6-2)17-19-30(23,4)27(25)18-20-29(22,26)3/h13,22,24-27H,5-12,14-21H2,1-4H3. The summed E-state index contributed by atoms with van der Waals surface area (Å²) < 4.78 is 5.81. The van der Waals surface area contributed by atoms with E-state index in [0.717, 1.165) is 42.3 Å². The van der Waals surface area contributed by atoms with E-state index in [4.69, 9.17) is 4.74 Å². The number of ether oxygens (including phenoxy) is 1. The molecule has 188 valence electrons. The van der Waals surface area contributed by atoms with Gasteiger partial charge in [-0.1, -0.05) is 77.9 Å². The molecule has 33 heavy (non-hydrogen) atoms. The molecular weight excluding hydrogens is 424 g/mol. The van der Waals surface area contributed by atoms with E-state index < -0.39 is 0 Å². The molecule has 7 atom stereocenters. The molecule has 0 N–H and O–H groups in total. The Labute approximate surface area is 208 Å². The lowest BCUT2D eigenvalue weighted by Crippen LogP contribution is -2.50. The van der Waals surface area contributed by atoms with Gasteiger partial charge in [-0.05, 0) is 97.6 Å². The van der Waals surface area contributed by atoms with Crippen molar-refractivity contribution in [3.63, 3.8) is 0 Å². The highest BCUT2D eigenvalue weighted by molar-refractivity contribution is 8.13. The molecule has 0 aliphatic heterocycles. The van der Waals surface area contributed by atoms with Gasteiger partial charge < -0.3 is 4.74 Å². The highest BCUT2D eigenvalue weighted by Crippen LogP contribution is 2.66. The molecule has 0 aromatic rings. The minimum atomic E-state index is -0.0730. The van der Waals surface area contributed by atoms with Gasteiger partial charge in [0.15, 0.2) is 0 Å². The number of rotatable bonds is 9. The first kappa shape index (κ1) is 25.6. The predicted molar refractivity (Wildman–Crippen MR) is 142 cm³/mol. The van der Waals surface area contributed by atoms with Crippen LogP contribution in [0.2, 0.25) is 0 Å². The Bertz CT molecular complexity index is 701. The second kappa shape index (κ2) is 11.1. The van der Waals surface area contributed by atoms with Gasteiger partial charge in [0.25, 0.3) is 0 Å². The van der Waals surface area contributed by atoms with Gasteiger partial charge in [0.2, 0.25) is 0 Å². The number of fused-ring (bicyclic) bond motifs is 5. The molecule has 0 aromatic heterocycles. The lowest BCUT2D eigenvalue weighted by atomic mass is 9.47. The first-order chi connectivity index (χ1) is 15.9. The molecule has 0 amide bonds. The maximum Gasteiger partial charge on any atom is 0.367 e. The number of allylic oxidation sites excluding steroid dienone is 1. The molecule has 0 aromatic carbocycles. The molecule has 0 heterocycles. The van der Waals surface area contributed by atoms with Crippen LogP contribution in [0, 0.1) is 34.5 Å². The Morgan fingerprint density at radius 1 is 1.00 bits per heavy atom. The zero-order chi connectivity index (χ0) is 23.5. The van der Waals surface area contributed by atoms with Gasteiger partial charge in [0.05, 0.1) is 0 Å². The van der Waals surface area contributed by atoms with E-state index in [9.17, 15) is 4.79 Å². The molecule has 3 saturated carbocycles. The van der Waals surface area contributed by atoms with Crippen molar-refractivity contribution >= 4 is 17.1 Å². The fraction of sp³-hybridized carbons (Fsp3) is 0.900. The molecule has 0 saturated heterocycles. The van der Waals surface area contributed by atoms with E-state index in [1.807, 2.05) is 6.92 Å². The minimum absolute atomic E-state index is 0.0730. The van der Waals surface area contributed by atoms with E-state index in [-0.39, 0.29) is 11.4 Å². The van der Waals surface area contributed by atoms with Gasteiger partial charge in [-0.3, -0.25) is 0 Å². The maximum absolute atomic E-state index is 12.0. The molecule has 7 unspecified atom stereocenters. The lowest BCUT2D eigenvalue weighted by Gasteiger charge is -2.58. The summed E-state index contributed by atoms with van der Waals surface area (Å²) in [5, 5.41) is -0.0730. The summed E-state index contributed by atoms with van der Waals surface area (Å²) in [6.45, 7) is 9.59. The summed E-state index contributed by atoms with van der Waals surface area (Å²) >= 11 is 1.31. The SMILES string of the molecule is CCCCCCCCC1CCC2C3CC=C4CC(OC(=O)SCC)CCC4(C)C3CCC12C. The van der Waals surface area contributed by atoms with Crippen molar-refractivity contribution in [1.29, 1.82) is 0 Å². The Morgan fingerprint density at radius 2 is 1.79 bits per heavy atom. The van der Waals surface area contributed by atoms with Crippen LogP contribution in [-0.2, 0) is 4.74 Å². The molecule has 3 fully saturated rings.